The number of hydrogen-bond acceptors (Lipinski definition) is 6. The van der Waals surface area contributed by atoms with Crippen molar-refractivity contribution in [3.8, 4) is 17.2 Å². The number of amides is 2. The highest BCUT2D eigenvalue weighted by Gasteiger charge is 2.25. The summed E-state index contributed by atoms with van der Waals surface area (Å²) in [7, 11) is 3.03. The zero-order valence-electron chi connectivity index (χ0n) is 21.0. The van der Waals surface area contributed by atoms with Crippen LogP contribution in [0.4, 0.5) is 5.69 Å². The first kappa shape index (κ1) is 27.0. The lowest BCUT2D eigenvalue weighted by molar-refractivity contribution is -0.118. The van der Waals surface area contributed by atoms with Crippen molar-refractivity contribution < 1.29 is 23.8 Å². The van der Waals surface area contributed by atoms with E-state index in [1.165, 1.54) is 14.2 Å². The van der Waals surface area contributed by atoms with Gasteiger partial charge in [0.2, 0.25) is 5.91 Å². The maximum atomic E-state index is 13.0. The zero-order chi connectivity index (χ0) is 25.1. The Morgan fingerprint density at radius 1 is 0.912 bits per heavy atom. The van der Waals surface area contributed by atoms with Crippen molar-refractivity contribution in [3.05, 3.63) is 48.0 Å². The van der Waals surface area contributed by atoms with Crippen LogP contribution < -0.4 is 24.8 Å². The van der Waals surface area contributed by atoms with Crippen LogP contribution in [0.3, 0.4) is 0 Å². The van der Waals surface area contributed by atoms with Gasteiger partial charge in [-0.2, -0.15) is 0 Å². The molecular formula is C26H37N3O5. The van der Waals surface area contributed by atoms with Crippen LogP contribution in [0.2, 0.25) is 0 Å². The minimum absolute atomic E-state index is 0.126. The number of rotatable bonds is 13. The number of methoxy groups -OCH3 is 2. The lowest BCUT2D eigenvalue weighted by Gasteiger charge is -2.22. The molecule has 8 heteroatoms. The van der Waals surface area contributed by atoms with Crippen LogP contribution in [0.15, 0.2) is 42.5 Å². The highest BCUT2D eigenvalue weighted by molar-refractivity contribution is 6.01. The van der Waals surface area contributed by atoms with E-state index in [1.54, 1.807) is 30.3 Å². The molecule has 186 valence electrons. The SMILES string of the molecule is CCN(CC)CCOc1ccc(NC(=O)[C@@H](NC(=O)c2cc(OC)cc(OC)c2)C(C)C)cc1. The van der Waals surface area contributed by atoms with Gasteiger partial charge in [0.15, 0.2) is 0 Å². The van der Waals surface area contributed by atoms with Crippen LogP contribution in [-0.2, 0) is 4.79 Å². The summed E-state index contributed by atoms with van der Waals surface area (Å²) in [6.45, 7) is 11.5. The average molecular weight is 472 g/mol. The largest absolute Gasteiger partial charge is 0.497 e. The van der Waals surface area contributed by atoms with Crippen molar-refractivity contribution in [1.29, 1.82) is 0 Å². The van der Waals surface area contributed by atoms with E-state index in [0.717, 1.165) is 25.4 Å². The summed E-state index contributed by atoms with van der Waals surface area (Å²) in [4.78, 5) is 28.1. The number of hydrogen-bond donors (Lipinski definition) is 2. The molecule has 2 aromatic carbocycles. The molecular weight excluding hydrogens is 434 g/mol. The third-order valence-electron chi connectivity index (χ3n) is 5.54. The summed E-state index contributed by atoms with van der Waals surface area (Å²) >= 11 is 0. The van der Waals surface area contributed by atoms with E-state index in [0.29, 0.717) is 29.4 Å². The van der Waals surface area contributed by atoms with Crippen molar-refractivity contribution in [2.75, 3.05) is 45.8 Å². The predicted molar refractivity (Wildman–Crippen MR) is 134 cm³/mol. The first-order valence-corrected chi connectivity index (χ1v) is 11.6. The molecule has 0 heterocycles. The molecule has 2 N–H and O–H groups in total. The van der Waals surface area contributed by atoms with E-state index < -0.39 is 6.04 Å². The number of anilines is 1. The van der Waals surface area contributed by atoms with E-state index in [1.807, 2.05) is 26.0 Å². The number of benzene rings is 2. The Kier molecular flexibility index (Phi) is 10.7. The van der Waals surface area contributed by atoms with Gasteiger partial charge >= 0.3 is 0 Å². The third-order valence-corrected chi connectivity index (χ3v) is 5.54. The Balaban J connectivity index is 2.00. The highest BCUT2D eigenvalue weighted by atomic mass is 16.5. The molecule has 0 aliphatic heterocycles. The highest BCUT2D eigenvalue weighted by Crippen LogP contribution is 2.23. The number of carbonyl (C=O) groups is 2. The van der Waals surface area contributed by atoms with Crippen LogP contribution in [0.25, 0.3) is 0 Å². The zero-order valence-corrected chi connectivity index (χ0v) is 21.0. The second kappa shape index (κ2) is 13.4. The van der Waals surface area contributed by atoms with E-state index in [-0.39, 0.29) is 17.7 Å². The van der Waals surface area contributed by atoms with Crippen LogP contribution in [0, 0.1) is 5.92 Å². The lowest BCUT2D eigenvalue weighted by Crippen LogP contribution is -2.47. The normalized spacial score (nSPS) is 11.8. The fraction of sp³-hybridized carbons (Fsp3) is 0.462. The van der Waals surface area contributed by atoms with Gasteiger partial charge in [0.1, 0.15) is 29.9 Å². The molecule has 0 radical (unpaired) electrons. The molecule has 0 unspecified atom stereocenters. The quantitative estimate of drug-likeness (QED) is 0.462. The van der Waals surface area contributed by atoms with Gasteiger partial charge in [-0.05, 0) is 55.4 Å². The molecule has 8 nitrogen and oxygen atoms in total. The molecule has 2 amide bonds. The van der Waals surface area contributed by atoms with E-state index in [9.17, 15) is 9.59 Å². The van der Waals surface area contributed by atoms with E-state index >= 15 is 0 Å². The Bertz CT molecular complexity index is 904. The van der Waals surface area contributed by atoms with Crippen molar-refractivity contribution in [2.24, 2.45) is 5.92 Å². The van der Waals surface area contributed by atoms with Crippen LogP contribution in [0.1, 0.15) is 38.1 Å². The average Bonchev–Trinajstić information content (AvgIpc) is 2.85. The molecule has 0 fully saturated rings. The molecule has 0 aliphatic carbocycles. The predicted octanol–water partition coefficient (Wildman–Crippen LogP) is 3.82. The Labute approximate surface area is 202 Å². The number of nitrogens with one attached hydrogen (secondary N) is 2. The summed E-state index contributed by atoms with van der Waals surface area (Å²) in [5, 5.41) is 5.70. The minimum Gasteiger partial charge on any atom is -0.497 e. The number of ether oxygens (including phenoxy) is 3. The molecule has 0 aliphatic rings. The lowest BCUT2D eigenvalue weighted by atomic mass is 10.0. The summed E-state index contributed by atoms with van der Waals surface area (Å²) in [6, 6.07) is 11.4. The van der Waals surface area contributed by atoms with Crippen molar-refractivity contribution in [3.63, 3.8) is 0 Å². The van der Waals surface area contributed by atoms with Gasteiger partial charge in [-0.25, -0.2) is 0 Å². The van der Waals surface area contributed by atoms with Crippen LogP contribution in [-0.4, -0.2) is 63.2 Å². The summed E-state index contributed by atoms with van der Waals surface area (Å²) in [5.41, 5.74) is 0.977. The molecule has 2 rings (SSSR count). The molecule has 2 aromatic rings. The van der Waals surface area contributed by atoms with Crippen molar-refractivity contribution in [1.82, 2.24) is 10.2 Å². The van der Waals surface area contributed by atoms with Crippen LogP contribution >= 0.6 is 0 Å². The van der Waals surface area contributed by atoms with Gasteiger partial charge < -0.3 is 29.7 Å². The van der Waals surface area contributed by atoms with Crippen molar-refractivity contribution >= 4 is 17.5 Å². The maximum Gasteiger partial charge on any atom is 0.252 e. The van der Waals surface area contributed by atoms with Crippen molar-refractivity contribution in [2.45, 2.75) is 33.7 Å². The van der Waals surface area contributed by atoms with Crippen LogP contribution in [0.5, 0.6) is 17.2 Å². The summed E-state index contributed by atoms with van der Waals surface area (Å²) in [6.07, 6.45) is 0. The topological polar surface area (TPSA) is 89.1 Å². The van der Waals surface area contributed by atoms with Gasteiger partial charge in [0.05, 0.1) is 14.2 Å². The summed E-state index contributed by atoms with van der Waals surface area (Å²) in [5.74, 6) is 0.922. The Morgan fingerprint density at radius 2 is 1.50 bits per heavy atom. The Morgan fingerprint density at radius 3 is 2.00 bits per heavy atom. The smallest absolute Gasteiger partial charge is 0.252 e. The molecule has 0 saturated heterocycles. The fourth-order valence-electron chi connectivity index (χ4n) is 3.38. The first-order chi connectivity index (χ1) is 16.3. The monoisotopic (exact) mass is 471 g/mol. The standard InChI is InChI=1S/C26H37N3O5/c1-7-29(8-2)13-14-34-21-11-9-20(10-12-21)27-26(31)24(18(3)4)28-25(30)19-15-22(32-5)17-23(16-19)33-6/h9-12,15-18,24H,7-8,13-14H2,1-6H3,(H,27,31)(H,28,30)/t24-/m0/s1. The second-order valence-corrected chi connectivity index (χ2v) is 8.19. The molecule has 0 spiro atoms. The number of carbonyl (C=O) groups excluding carboxylic acids is 2. The van der Waals surface area contributed by atoms with Gasteiger partial charge in [0.25, 0.3) is 5.91 Å². The summed E-state index contributed by atoms with van der Waals surface area (Å²) < 4.78 is 16.3. The maximum absolute atomic E-state index is 13.0. The van der Waals surface area contributed by atoms with Gasteiger partial charge in [0, 0.05) is 23.9 Å². The van der Waals surface area contributed by atoms with Gasteiger partial charge in [-0.1, -0.05) is 27.7 Å². The Hall–Kier alpha value is -3.26. The van der Waals surface area contributed by atoms with Gasteiger partial charge in [-0.15, -0.1) is 0 Å². The molecule has 0 bridgehead atoms. The number of likely N-dealkylation sites (N-methyl/N-ethyl adjacent to an activating group) is 1. The van der Waals surface area contributed by atoms with Gasteiger partial charge in [-0.3, -0.25) is 9.59 Å². The first-order valence-electron chi connectivity index (χ1n) is 11.6. The van der Waals surface area contributed by atoms with E-state index in [4.69, 9.17) is 14.2 Å². The minimum atomic E-state index is -0.727. The fourth-order valence-corrected chi connectivity index (χ4v) is 3.38. The third kappa shape index (κ3) is 7.95. The van der Waals surface area contributed by atoms with E-state index in [2.05, 4.69) is 29.4 Å². The number of nitrogens with zero attached hydrogens (tertiary/aromatic N) is 1. The molecule has 34 heavy (non-hydrogen) atoms. The molecule has 0 saturated carbocycles. The molecule has 1 atom stereocenters. The second-order valence-electron chi connectivity index (χ2n) is 8.19. The molecule has 0 aromatic heterocycles.